The van der Waals surface area contributed by atoms with Crippen LogP contribution in [0.15, 0.2) is 18.3 Å². The van der Waals surface area contributed by atoms with E-state index in [0.717, 1.165) is 5.92 Å². The molecule has 0 saturated heterocycles. The Morgan fingerprint density at radius 1 is 1.24 bits per heavy atom. The molecule has 17 heavy (non-hydrogen) atoms. The Balaban J connectivity index is 0.000000722. The lowest BCUT2D eigenvalue weighted by Gasteiger charge is -2.21. The van der Waals surface area contributed by atoms with Crippen molar-refractivity contribution in [3.63, 3.8) is 0 Å². The SMILES string of the molecule is Cl.Cl.N[C@@H]1[C@H]2CC[C@@H]1[C@@H](c1ccc(Cl)nc1)C2. The summed E-state index contributed by atoms with van der Waals surface area (Å²) in [5.41, 5.74) is 7.52. The zero-order valence-electron chi connectivity index (χ0n) is 9.38. The number of nitrogens with two attached hydrogens (primary N) is 1. The molecular weight excluding hydrogens is 279 g/mol. The van der Waals surface area contributed by atoms with E-state index < -0.39 is 0 Å². The highest BCUT2D eigenvalue weighted by molar-refractivity contribution is 6.29. The van der Waals surface area contributed by atoms with Gasteiger partial charge >= 0.3 is 0 Å². The Hall–Kier alpha value is -0.0200. The molecule has 2 bridgehead atoms. The van der Waals surface area contributed by atoms with Crippen LogP contribution in [0.25, 0.3) is 0 Å². The molecule has 4 atom stereocenters. The number of hydrogen-bond acceptors (Lipinski definition) is 2. The number of fused-ring (bicyclic) bond motifs is 2. The first-order valence-corrected chi connectivity index (χ1v) is 6.00. The van der Waals surface area contributed by atoms with Gasteiger partial charge in [-0.05, 0) is 48.6 Å². The summed E-state index contributed by atoms with van der Waals surface area (Å²) >= 11 is 5.79. The minimum atomic E-state index is 0. The van der Waals surface area contributed by atoms with Crippen LogP contribution in [0, 0.1) is 11.8 Å². The maximum Gasteiger partial charge on any atom is 0.129 e. The maximum atomic E-state index is 6.20. The van der Waals surface area contributed by atoms with E-state index in [1.807, 2.05) is 12.3 Å². The normalized spacial score (nSPS) is 34.0. The molecule has 2 nitrogen and oxygen atoms in total. The van der Waals surface area contributed by atoms with E-state index >= 15 is 0 Å². The molecule has 0 aromatic carbocycles. The van der Waals surface area contributed by atoms with Gasteiger partial charge in [-0.15, -0.1) is 24.8 Å². The molecule has 1 aromatic rings. The summed E-state index contributed by atoms with van der Waals surface area (Å²) in [6.07, 6.45) is 5.78. The van der Waals surface area contributed by atoms with Crippen LogP contribution in [-0.2, 0) is 0 Å². The van der Waals surface area contributed by atoms with Crippen molar-refractivity contribution in [3.05, 3.63) is 29.0 Å². The number of pyridine rings is 1. The molecule has 0 amide bonds. The fourth-order valence-corrected chi connectivity index (χ4v) is 3.49. The minimum Gasteiger partial charge on any atom is -0.327 e. The number of nitrogens with zero attached hydrogens (tertiary/aromatic N) is 1. The fourth-order valence-electron chi connectivity index (χ4n) is 3.38. The summed E-state index contributed by atoms with van der Waals surface area (Å²) in [5.74, 6) is 2.05. The van der Waals surface area contributed by atoms with Crippen LogP contribution in [0.5, 0.6) is 0 Å². The Labute approximate surface area is 119 Å². The van der Waals surface area contributed by atoms with Gasteiger partial charge in [-0.3, -0.25) is 0 Å². The Kier molecular flexibility index (Phi) is 5.08. The lowest BCUT2D eigenvalue weighted by molar-refractivity contribution is 0.417. The van der Waals surface area contributed by atoms with Gasteiger partial charge in [0.2, 0.25) is 0 Å². The van der Waals surface area contributed by atoms with Crippen molar-refractivity contribution < 1.29 is 0 Å². The van der Waals surface area contributed by atoms with E-state index in [9.17, 15) is 0 Å². The Bertz CT molecular complexity index is 369. The highest BCUT2D eigenvalue weighted by Gasteiger charge is 2.46. The molecule has 0 radical (unpaired) electrons. The Morgan fingerprint density at radius 3 is 2.47 bits per heavy atom. The van der Waals surface area contributed by atoms with Gasteiger partial charge in [0.1, 0.15) is 5.15 Å². The molecule has 5 heteroatoms. The van der Waals surface area contributed by atoms with Gasteiger partial charge in [0.15, 0.2) is 0 Å². The summed E-state index contributed by atoms with van der Waals surface area (Å²) in [6.45, 7) is 0. The van der Waals surface area contributed by atoms with Crippen molar-refractivity contribution in [2.45, 2.75) is 31.2 Å². The van der Waals surface area contributed by atoms with E-state index in [1.165, 1.54) is 24.8 Å². The van der Waals surface area contributed by atoms with E-state index in [2.05, 4.69) is 11.1 Å². The third kappa shape index (κ3) is 2.55. The van der Waals surface area contributed by atoms with Crippen LogP contribution in [0.3, 0.4) is 0 Å². The molecule has 2 saturated carbocycles. The van der Waals surface area contributed by atoms with E-state index in [0.29, 0.717) is 23.0 Å². The largest absolute Gasteiger partial charge is 0.327 e. The van der Waals surface area contributed by atoms with E-state index in [4.69, 9.17) is 17.3 Å². The zero-order valence-corrected chi connectivity index (χ0v) is 11.8. The average Bonchev–Trinajstić information content (AvgIpc) is 2.75. The van der Waals surface area contributed by atoms with Crippen molar-refractivity contribution in [2.24, 2.45) is 17.6 Å². The van der Waals surface area contributed by atoms with Gasteiger partial charge in [0, 0.05) is 12.2 Å². The van der Waals surface area contributed by atoms with E-state index in [-0.39, 0.29) is 24.8 Å². The first kappa shape index (κ1) is 15.0. The topological polar surface area (TPSA) is 38.9 Å². The van der Waals surface area contributed by atoms with Crippen LogP contribution in [0.2, 0.25) is 5.15 Å². The molecule has 2 aliphatic rings. The van der Waals surface area contributed by atoms with Gasteiger partial charge in [-0.1, -0.05) is 17.7 Å². The van der Waals surface area contributed by atoms with Gasteiger partial charge in [0.05, 0.1) is 0 Å². The summed E-state index contributed by atoms with van der Waals surface area (Å²) in [5, 5.41) is 0.575. The fraction of sp³-hybridized carbons (Fsp3) is 0.583. The molecule has 96 valence electrons. The van der Waals surface area contributed by atoms with Crippen LogP contribution in [0.1, 0.15) is 30.7 Å². The highest BCUT2D eigenvalue weighted by Crippen LogP contribution is 2.51. The minimum absolute atomic E-state index is 0. The highest BCUT2D eigenvalue weighted by atomic mass is 35.5. The summed E-state index contributed by atoms with van der Waals surface area (Å²) in [7, 11) is 0. The number of aromatic nitrogens is 1. The van der Waals surface area contributed by atoms with Gasteiger partial charge in [0.25, 0.3) is 0 Å². The third-order valence-corrected chi connectivity index (χ3v) is 4.39. The quantitative estimate of drug-likeness (QED) is 0.806. The second kappa shape index (κ2) is 5.75. The maximum absolute atomic E-state index is 6.20. The van der Waals surface area contributed by atoms with Crippen LogP contribution in [0.4, 0.5) is 0 Å². The molecule has 0 unspecified atom stereocenters. The van der Waals surface area contributed by atoms with Gasteiger partial charge in [-0.25, -0.2) is 4.98 Å². The van der Waals surface area contributed by atoms with Crippen molar-refractivity contribution in [1.29, 1.82) is 0 Å². The smallest absolute Gasteiger partial charge is 0.129 e. The summed E-state index contributed by atoms with van der Waals surface area (Å²) in [6, 6.07) is 4.41. The molecule has 0 spiro atoms. The number of rotatable bonds is 1. The molecule has 3 rings (SSSR count). The second-order valence-electron chi connectivity index (χ2n) is 4.84. The van der Waals surface area contributed by atoms with E-state index in [1.54, 1.807) is 0 Å². The molecule has 2 fully saturated rings. The van der Waals surface area contributed by atoms with Crippen molar-refractivity contribution >= 4 is 36.4 Å². The van der Waals surface area contributed by atoms with Gasteiger partial charge in [-0.2, -0.15) is 0 Å². The van der Waals surface area contributed by atoms with Crippen LogP contribution in [-0.4, -0.2) is 11.0 Å². The van der Waals surface area contributed by atoms with Crippen molar-refractivity contribution in [2.75, 3.05) is 0 Å². The van der Waals surface area contributed by atoms with Gasteiger partial charge < -0.3 is 5.73 Å². The number of hydrogen-bond donors (Lipinski definition) is 1. The molecule has 2 aliphatic carbocycles. The van der Waals surface area contributed by atoms with Crippen LogP contribution >= 0.6 is 36.4 Å². The monoisotopic (exact) mass is 294 g/mol. The molecule has 0 aliphatic heterocycles. The Morgan fingerprint density at radius 2 is 2.00 bits per heavy atom. The predicted octanol–water partition coefficient (Wildman–Crippen LogP) is 3.42. The lowest BCUT2D eigenvalue weighted by Crippen LogP contribution is -2.25. The molecule has 1 heterocycles. The predicted molar refractivity (Wildman–Crippen MR) is 75.3 cm³/mol. The summed E-state index contributed by atoms with van der Waals surface area (Å²) in [4.78, 5) is 4.16. The lowest BCUT2D eigenvalue weighted by atomic mass is 9.84. The average molecular weight is 296 g/mol. The first-order chi connectivity index (χ1) is 7.25. The first-order valence-electron chi connectivity index (χ1n) is 5.63. The second-order valence-corrected chi connectivity index (χ2v) is 5.22. The van der Waals surface area contributed by atoms with Crippen molar-refractivity contribution in [3.8, 4) is 0 Å². The van der Waals surface area contributed by atoms with Crippen molar-refractivity contribution in [1.82, 2.24) is 4.98 Å². The molecular formula is C12H17Cl3N2. The van der Waals surface area contributed by atoms with Crippen LogP contribution < -0.4 is 5.73 Å². The molecule has 2 N–H and O–H groups in total. The zero-order chi connectivity index (χ0) is 10.4. The third-order valence-electron chi connectivity index (χ3n) is 4.16. The summed E-state index contributed by atoms with van der Waals surface area (Å²) < 4.78 is 0. The standard InChI is InChI=1S/C12H15ClN2.2ClH/c13-11-4-2-8(6-15-11)10-5-7-1-3-9(10)12(7)14;;/h2,4,6-7,9-10,12H,1,3,5,14H2;2*1H/t7-,9+,10+,12+;;/m0../s1. The molecule has 1 aromatic heterocycles. The number of halogens is 3.